The number of hydrogen-bond acceptors (Lipinski definition) is 4. The summed E-state index contributed by atoms with van der Waals surface area (Å²) in [4.78, 5) is 30.2. The zero-order valence-corrected chi connectivity index (χ0v) is 9.17. The van der Waals surface area contributed by atoms with Gasteiger partial charge in [-0.2, -0.15) is 0 Å². The number of rotatable bonds is 2. The van der Waals surface area contributed by atoms with Crippen LogP contribution in [-0.2, 0) is 0 Å². The van der Waals surface area contributed by atoms with E-state index in [4.69, 9.17) is 5.11 Å². The van der Waals surface area contributed by atoms with E-state index in [-0.39, 0.29) is 5.69 Å². The third-order valence-electron chi connectivity index (χ3n) is 1.93. The van der Waals surface area contributed by atoms with Crippen molar-refractivity contribution in [3.05, 3.63) is 39.1 Å². The third kappa shape index (κ3) is 2.01. The lowest BCUT2D eigenvalue weighted by Crippen LogP contribution is -2.13. The van der Waals surface area contributed by atoms with E-state index in [1.165, 1.54) is 11.3 Å². The number of carboxylic acids is 1. The van der Waals surface area contributed by atoms with Gasteiger partial charge in [-0.05, 0) is 19.1 Å². The van der Waals surface area contributed by atoms with Crippen molar-refractivity contribution in [1.82, 2.24) is 9.97 Å². The molecule has 0 atom stereocenters. The van der Waals surface area contributed by atoms with E-state index >= 15 is 0 Å². The fourth-order valence-corrected chi connectivity index (χ4v) is 2.06. The number of aromatic carboxylic acids is 1. The number of aromatic nitrogens is 2. The van der Waals surface area contributed by atoms with E-state index in [0.717, 1.165) is 15.8 Å². The Bertz CT molecular complexity index is 600. The third-order valence-corrected chi connectivity index (χ3v) is 2.94. The Kier molecular flexibility index (Phi) is 2.57. The highest BCUT2D eigenvalue weighted by atomic mass is 32.1. The molecular formula is C10H8N2O3S. The second kappa shape index (κ2) is 3.90. The molecule has 0 radical (unpaired) electrons. The second-order valence-electron chi connectivity index (χ2n) is 3.19. The molecular weight excluding hydrogens is 228 g/mol. The van der Waals surface area contributed by atoms with Gasteiger partial charge in [0.15, 0.2) is 11.5 Å². The summed E-state index contributed by atoms with van der Waals surface area (Å²) in [5.74, 6) is -0.913. The van der Waals surface area contributed by atoms with Crippen molar-refractivity contribution in [2.75, 3.05) is 0 Å². The summed E-state index contributed by atoms with van der Waals surface area (Å²) in [6.07, 6.45) is 0. The molecule has 0 aromatic carbocycles. The number of thiophene rings is 1. The van der Waals surface area contributed by atoms with Crippen molar-refractivity contribution in [3.8, 4) is 10.7 Å². The van der Waals surface area contributed by atoms with Gasteiger partial charge in [0.25, 0.3) is 5.56 Å². The molecule has 2 N–H and O–H groups in total. The van der Waals surface area contributed by atoms with E-state index in [2.05, 4.69) is 9.97 Å². The molecule has 0 unspecified atom stereocenters. The van der Waals surface area contributed by atoms with Gasteiger partial charge in [-0.3, -0.25) is 4.79 Å². The normalized spacial score (nSPS) is 10.3. The van der Waals surface area contributed by atoms with Gasteiger partial charge < -0.3 is 10.1 Å². The number of nitrogens with one attached hydrogen (secondary N) is 1. The lowest BCUT2D eigenvalue weighted by atomic mass is 10.3. The van der Waals surface area contributed by atoms with Gasteiger partial charge in [0, 0.05) is 10.9 Å². The van der Waals surface area contributed by atoms with E-state index in [1.54, 1.807) is 6.07 Å². The summed E-state index contributed by atoms with van der Waals surface area (Å²) in [6, 6.07) is 4.64. The largest absolute Gasteiger partial charge is 0.477 e. The van der Waals surface area contributed by atoms with Crippen molar-refractivity contribution in [2.45, 2.75) is 6.92 Å². The van der Waals surface area contributed by atoms with Gasteiger partial charge in [0.05, 0.1) is 4.88 Å². The Morgan fingerprint density at radius 3 is 2.81 bits per heavy atom. The molecule has 0 spiro atoms. The minimum absolute atomic E-state index is 0.246. The van der Waals surface area contributed by atoms with E-state index < -0.39 is 11.5 Å². The first-order valence-corrected chi connectivity index (χ1v) is 5.29. The molecule has 2 aromatic heterocycles. The average molecular weight is 236 g/mol. The van der Waals surface area contributed by atoms with Crippen molar-refractivity contribution >= 4 is 17.3 Å². The van der Waals surface area contributed by atoms with Crippen LogP contribution >= 0.6 is 11.3 Å². The number of aromatic amines is 1. The van der Waals surface area contributed by atoms with Gasteiger partial charge >= 0.3 is 5.97 Å². The Balaban J connectivity index is 2.57. The van der Waals surface area contributed by atoms with Crippen LogP contribution in [0.25, 0.3) is 10.7 Å². The molecule has 16 heavy (non-hydrogen) atoms. The Morgan fingerprint density at radius 2 is 2.25 bits per heavy atom. The highest BCUT2D eigenvalue weighted by Gasteiger charge is 2.10. The number of carboxylic acid groups (broad SMARTS) is 1. The summed E-state index contributed by atoms with van der Waals surface area (Å²) in [7, 11) is 0. The lowest BCUT2D eigenvalue weighted by molar-refractivity contribution is 0.0690. The van der Waals surface area contributed by atoms with Crippen LogP contribution < -0.4 is 5.56 Å². The van der Waals surface area contributed by atoms with Crippen LogP contribution in [0.1, 0.15) is 15.4 Å². The fraction of sp³-hybridized carbons (Fsp3) is 0.100. The first-order chi connectivity index (χ1) is 7.56. The molecule has 5 nitrogen and oxygen atoms in total. The Labute approximate surface area is 94.4 Å². The van der Waals surface area contributed by atoms with Crippen LogP contribution in [0.2, 0.25) is 0 Å². The van der Waals surface area contributed by atoms with Gasteiger partial charge in [-0.25, -0.2) is 9.78 Å². The number of aryl methyl sites for hydroxylation is 1. The summed E-state index contributed by atoms with van der Waals surface area (Å²) >= 11 is 1.44. The minimum Gasteiger partial charge on any atom is -0.477 e. The standard InChI is InChI=1S/C10H8N2O3S/c1-5-2-3-7(16-5)9-11-6(10(14)15)4-8(13)12-9/h2-4H,1H3,(H,14,15)(H,11,12,13). The molecule has 2 heterocycles. The van der Waals surface area contributed by atoms with Crippen molar-refractivity contribution < 1.29 is 9.90 Å². The number of carbonyl (C=O) groups is 1. The molecule has 0 amide bonds. The molecule has 0 fully saturated rings. The molecule has 2 aromatic rings. The van der Waals surface area contributed by atoms with Crippen LogP contribution in [0.15, 0.2) is 23.0 Å². The average Bonchev–Trinajstić information content (AvgIpc) is 2.64. The maximum Gasteiger partial charge on any atom is 0.354 e. The predicted octanol–water partition coefficient (Wildman–Crippen LogP) is 1.51. The molecule has 0 saturated carbocycles. The topological polar surface area (TPSA) is 83.0 Å². The van der Waals surface area contributed by atoms with Gasteiger partial charge in [-0.1, -0.05) is 0 Å². The number of hydrogen-bond donors (Lipinski definition) is 2. The molecule has 0 aliphatic carbocycles. The molecule has 2 rings (SSSR count). The zero-order chi connectivity index (χ0) is 11.7. The Morgan fingerprint density at radius 1 is 1.50 bits per heavy atom. The predicted molar refractivity (Wildman–Crippen MR) is 59.9 cm³/mol. The van der Waals surface area contributed by atoms with Crippen LogP contribution in [0.3, 0.4) is 0 Å². The SMILES string of the molecule is Cc1ccc(-c2nc(C(=O)O)cc(=O)[nH]2)s1. The van der Waals surface area contributed by atoms with Crippen LogP contribution in [0.4, 0.5) is 0 Å². The van der Waals surface area contributed by atoms with Crippen LogP contribution in [-0.4, -0.2) is 21.0 Å². The fourth-order valence-electron chi connectivity index (χ4n) is 1.25. The summed E-state index contributed by atoms with van der Waals surface area (Å²) in [5.41, 5.74) is -0.710. The highest BCUT2D eigenvalue weighted by Crippen LogP contribution is 2.23. The molecule has 0 aliphatic heterocycles. The van der Waals surface area contributed by atoms with Gasteiger partial charge in [-0.15, -0.1) is 11.3 Å². The Hall–Kier alpha value is -1.95. The zero-order valence-electron chi connectivity index (χ0n) is 8.35. The second-order valence-corrected chi connectivity index (χ2v) is 4.48. The van der Waals surface area contributed by atoms with E-state index in [1.807, 2.05) is 13.0 Å². The summed E-state index contributed by atoms with van der Waals surface area (Å²) < 4.78 is 0. The molecule has 6 heteroatoms. The maximum absolute atomic E-state index is 11.2. The molecule has 0 saturated heterocycles. The number of H-pyrrole nitrogens is 1. The number of nitrogens with zero attached hydrogens (tertiary/aromatic N) is 1. The van der Waals surface area contributed by atoms with E-state index in [0.29, 0.717) is 5.82 Å². The van der Waals surface area contributed by atoms with Crippen molar-refractivity contribution in [3.63, 3.8) is 0 Å². The quantitative estimate of drug-likeness (QED) is 0.827. The minimum atomic E-state index is -1.21. The van der Waals surface area contributed by atoms with E-state index in [9.17, 15) is 9.59 Å². The molecule has 0 aliphatic rings. The van der Waals surface area contributed by atoms with Crippen LogP contribution in [0.5, 0.6) is 0 Å². The van der Waals surface area contributed by atoms with Gasteiger partial charge in [0.2, 0.25) is 0 Å². The molecule has 82 valence electrons. The first kappa shape index (κ1) is 10.6. The summed E-state index contributed by atoms with van der Waals surface area (Å²) in [6.45, 7) is 1.92. The summed E-state index contributed by atoms with van der Waals surface area (Å²) in [5, 5.41) is 8.77. The maximum atomic E-state index is 11.2. The van der Waals surface area contributed by atoms with Gasteiger partial charge in [0.1, 0.15) is 0 Å². The van der Waals surface area contributed by atoms with Crippen LogP contribution in [0, 0.1) is 6.92 Å². The van der Waals surface area contributed by atoms with Crippen molar-refractivity contribution in [2.24, 2.45) is 0 Å². The highest BCUT2D eigenvalue weighted by molar-refractivity contribution is 7.15. The lowest BCUT2D eigenvalue weighted by Gasteiger charge is -1.98. The monoisotopic (exact) mass is 236 g/mol. The first-order valence-electron chi connectivity index (χ1n) is 4.48. The molecule has 0 bridgehead atoms. The smallest absolute Gasteiger partial charge is 0.354 e. The van der Waals surface area contributed by atoms with Crippen molar-refractivity contribution in [1.29, 1.82) is 0 Å².